The second-order valence-corrected chi connectivity index (χ2v) is 14.2. The van der Waals surface area contributed by atoms with Crippen molar-refractivity contribution in [3.8, 4) is 75.8 Å². The first-order valence-electron chi connectivity index (χ1n) is 16.3. The van der Waals surface area contributed by atoms with E-state index in [-0.39, 0.29) is 31.2 Å². The fraction of sp³-hybridized carbons (Fsp3) is 0. The Morgan fingerprint density at radius 1 is 0.373 bits per heavy atom. The summed E-state index contributed by atoms with van der Waals surface area (Å²) in [6.07, 6.45) is 0. The van der Waals surface area contributed by atoms with Gasteiger partial charge in [0.2, 0.25) is 0 Å². The number of pyridine rings is 2. The Labute approximate surface area is 317 Å². The van der Waals surface area contributed by atoms with Gasteiger partial charge in [0, 0.05) is 41.6 Å². The standard InChI is InChI=1S/C44H28N2O2S2.Pt/c47-43-35(25-39(49-43)29-17-9-3-10-18-29)37-23-33(27-13-5-1-6-14-27)31-21-22-32-34(28-15-7-2-8-16-28)24-38(46-42(32)41(31)45-37)36-26-40(50-44(36)48)30-19-11-4-12-20-30;/h1-26,47-48H;. The van der Waals surface area contributed by atoms with Gasteiger partial charge in [0.1, 0.15) is 0 Å². The number of thiophene rings is 2. The van der Waals surface area contributed by atoms with Gasteiger partial charge in [-0.05, 0) is 57.6 Å². The maximum atomic E-state index is 11.3. The van der Waals surface area contributed by atoms with E-state index in [0.717, 1.165) is 64.9 Å². The predicted molar refractivity (Wildman–Crippen MR) is 209 cm³/mol. The molecule has 0 aliphatic rings. The molecule has 0 unspecified atom stereocenters. The van der Waals surface area contributed by atoms with Crippen molar-refractivity contribution in [2.45, 2.75) is 0 Å². The van der Waals surface area contributed by atoms with Gasteiger partial charge in [0.25, 0.3) is 0 Å². The Morgan fingerprint density at radius 2 is 0.706 bits per heavy atom. The zero-order chi connectivity index (χ0) is 33.6. The molecule has 0 amide bonds. The normalized spacial score (nSPS) is 11.1. The maximum Gasteiger partial charge on any atom is 0.181 e. The largest absolute Gasteiger partial charge is 0.499 e. The molecule has 7 heteroatoms. The van der Waals surface area contributed by atoms with E-state index in [1.807, 2.05) is 109 Å². The Kier molecular flexibility index (Phi) is 8.83. The second-order valence-electron chi connectivity index (χ2n) is 12.1. The molecule has 2 N–H and O–H groups in total. The molecule has 5 aromatic carbocycles. The number of nitrogens with zero attached hydrogens (tertiary/aromatic N) is 2. The maximum absolute atomic E-state index is 11.3. The summed E-state index contributed by atoms with van der Waals surface area (Å²) >= 11 is 2.70. The van der Waals surface area contributed by atoms with Crippen LogP contribution in [-0.2, 0) is 21.1 Å². The van der Waals surface area contributed by atoms with E-state index in [4.69, 9.17) is 9.97 Å². The van der Waals surface area contributed by atoms with Crippen molar-refractivity contribution in [1.29, 1.82) is 0 Å². The van der Waals surface area contributed by atoms with E-state index >= 15 is 0 Å². The number of benzene rings is 5. The third-order valence-electron chi connectivity index (χ3n) is 9.02. The predicted octanol–water partition coefficient (Wildman–Crippen LogP) is 12.3. The van der Waals surface area contributed by atoms with Crippen molar-refractivity contribution in [3.63, 3.8) is 0 Å². The minimum atomic E-state index is 0. The number of fused-ring (bicyclic) bond motifs is 3. The van der Waals surface area contributed by atoms with Gasteiger partial charge >= 0.3 is 0 Å². The molecule has 0 bridgehead atoms. The quantitative estimate of drug-likeness (QED) is 0.163. The molecule has 0 fully saturated rings. The van der Waals surface area contributed by atoms with E-state index < -0.39 is 0 Å². The number of hydrogen-bond donors (Lipinski definition) is 2. The van der Waals surface area contributed by atoms with Gasteiger partial charge in [0.15, 0.2) is 10.1 Å². The molecule has 0 radical (unpaired) electrons. The minimum absolute atomic E-state index is 0. The van der Waals surface area contributed by atoms with Crippen molar-refractivity contribution in [2.75, 3.05) is 0 Å². The summed E-state index contributed by atoms with van der Waals surface area (Å²) in [5.74, 6) is 0. The molecule has 9 aromatic rings. The van der Waals surface area contributed by atoms with Gasteiger partial charge in [-0.1, -0.05) is 156 Å². The molecule has 9 rings (SSSR count). The van der Waals surface area contributed by atoms with Crippen molar-refractivity contribution in [2.24, 2.45) is 0 Å². The molecule has 0 saturated heterocycles. The Hall–Kier alpha value is -5.39. The average molecular weight is 876 g/mol. The SMILES string of the molecule is Oc1sc(-c2ccccc2)cc1-c1cc(-c2ccccc2)c2ccc3c(-c4ccccc4)cc(-c4cc(-c5ccccc5)sc4O)nc3c2n1.[Pt]. The molecule has 51 heavy (non-hydrogen) atoms. The summed E-state index contributed by atoms with van der Waals surface area (Å²) in [5.41, 5.74) is 10.3. The average Bonchev–Trinajstić information content (AvgIpc) is 3.77. The minimum Gasteiger partial charge on any atom is -0.499 e. The Morgan fingerprint density at radius 3 is 1.06 bits per heavy atom. The van der Waals surface area contributed by atoms with Crippen LogP contribution in [-0.4, -0.2) is 20.2 Å². The van der Waals surface area contributed by atoms with E-state index in [0.29, 0.717) is 22.5 Å². The first kappa shape index (κ1) is 32.8. The van der Waals surface area contributed by atoms with Gasteiger partial charge in [-0.15, -0.1) is 0 Å². The van der Waals surface area contributed by atoms with Gasteiger partial charge in [-0.2, -0.15) is 0 Å². The van der Waals surface area contributed by atoms with Crippen LogP contribution in [0.5, 0.6) is 10.1 Å². The van der Waals surface area contributed by atoms with Crippen molar-refractivity contribution >= 4 is 44.5 Å². The molecule has 0 aliphatic carbocycles. The van der Waals surface area contributed by atoms with E-state index in [2.05, 4.69) is 48.5 Å². The van der Waals surface area contributed by atoms with Gasteiger partial charge in [-0.3, -0.25) is 0 Å². The second kappa shape index (κ2) is 13.7. The van der Waals surface area contributed by atoms with Crippen LogP contribution in [0.15, 0.2) is 158 Å². The van der Waals surface area contributed by atoms with Gasteiger partial charge in [-0.25, -0.2) is 9.97 Å². The Balaban J connectivity index is 0.00000374. The summed E-state index contributed by atoms with van der Waals surface area (Å²) in [7, 11) is 0. The molecule has 248 valence electrons. The Bertz CT molecular complexity index is 2470. The van der Waals surface area contributed by atoms with Crippen molar-refractivity contribution in [3.05, 3.63) is 158 Å². The molecule has 0 saturated carbocycles. The molecular weight excluding hydrogens is 848 g/mol. The van der Waals surface area contributed by atoms with Crippen LogP contribution in [0.3, 0.4) is 0 Å². The summed E-state index contributed by atoms with van der Waals surface area (Å²) < 4.78 is 0. The van der Waals surface area contributed by atoms with E-state index in [1.54, 1.807) is 0 Å². The molecular formula is C44H28N2O2PtS2. The van der Waals surface area contributed by atoms with Gasteiger partial charge < -0.3 is 10.2 Å². The third-order valence-corrected chi connectivity index (χ3v) is 11.0. The molecule has 4 nitrogen and oxygen atoms in total. The van der Waals surface area contributed by atoms with E-state index in [9.17, 15) is 10.2 Å². The number of hydrogen-bond acceptors (Lipinski definition) is 6. The van der Waals surface area contributed by atoms with E-state index in [1.165, 1.54) is 22.7 Å². The smallest absolute Gasteiger partial charge is 0.181 e. The number of aromatic hydroxyl groups is 2. The van der Waals surface area contributed by atoms with Crippen LogP contribution < -0.4 is 0 Å². The summed E-state index contributed by atoms with van der Waals surface area (Å²) in [4.78, 5) is 12.5. The number of rotatable bonds is 6. The zero-order valence-corrected chi connectivity index (χ0v) is 30.8. The van der Waals surface area contributed by atoms with Crippen LogP contribution in [0.1, 0.15) is 0 Å². The topological polar surface area (TPSA) is 66.2 Å². The first-order valence-corrected chi connectivity index (χ1v) is 17.9. The molecule has 0 spiro atoms. The van der Waals surface area contributed by atoms with Crippen LogP contribution in [0.4, 0.5) is 0 Å². The van der Waals surface area contributed by atoms with Crippen LogP contribution in [0.25, 0.3) is 87.5 Å². The first-order chi connectivity index (χ1) is 24.6. The fourth-order valence-corrected chi connectivity index (χ4v) is 8.41. The summed E-state index contributed by atoms with van der Waals surface area (Å²) in [6, 6.07) is 53.1. The molecule has 4 aromatic heterocycles. The van der Waals surface area contributed by atoms with Crippen LogP contribution in [0.2, 0.25) is 0 Å². The summed E-state index contributed by atoms with van der Waals surface area (Å²) in [5, 5.41) is 25.0. The summed E-state index contributed by atoms with van der Waals surface area (Å²) in [6.45, 7) is 0. The molecule has 0 atom stereocenters. The van der Waals surface area contributed by atoms with Gasteiger partial charge in [0.05, 0.1) is 33.5 Å². The van der Waals surface area contributed by atoms with Crippen LogP contribution in [0, 0.1) is 0 Å². The molecule has 4 heterocycles. The third kappa shape index (κ3) is 6.06. The monoisotopic (exact) mass is 875 g/mol. The van der Waals surface area contributed by atoms with Crippen molar-refractivity contribution < 1.29 is 31.3 Å². The van der Waals surface area contributed by atoms with Crippen molar-refractivity contribution in [1.82, 2.24) is 9.97 Å². The zero-order valence-electron chi connectivity index (χ0n) is 26.9. The number of aromatic nitrogens is 2. The fourth-order valence-electron chi connectivity index (χ4n) is 6.58. The molecule has 0 aliphatic heterocycles. The van der Waals surface area contributed by atoms with Crippen LogP contribution >= 0.6 is 22.7 Å².